The number of carbonyl (C=O) groups excluding carboxylic acids is 1. The van der Waals surface area contributed by atoms with Crippen LogP contribution in [-0.2, 0) is 0 Å². The summed E-state index contributed by atoms with van der Waals surface area (Å²) in [6, 6.07) is 4.12. The number of carbonyl (C=O) groups is 1. The molecule has 17 heavy (non-hydrogen) atoms. The van der Waals surface area contributed by atoms with E-state index >= 15 is 0 Å². The van der Waals surface area contributed by atoms with Crippen molar-refractivity contribution in [2.45, 2.75) is 6.42 Å². The van der Waals surface area contributed by atoms with Crippen molar-refractivity contribution in [3.63, 3.8) is 0 Å². The van der Waals surface area contributed by atoms with Gasteiger partial charge in [-0.2, -0.15) is 0 Å². The molecular formula is C12H14BrFN2O. The molecule has 0 bridgehead atoms. The van der Waals surface area contributed by atoms with Gasteiger partial charge in [0, 0.05) is 17.6 Å². The van der Waals surface area contributed by atoms with Crippen molar-refractivity contribution in [3.05, 3.63) is 34.1 Å². The molecule has 0 unspecified atom stereocenters. The van der Waals surface area contributed by atoms with Gasteiger partial charge in [-0.1, -0.05) is 0 Å². The minimum absolute atomic E-state index is 0.0622. The fraction of sp³-hybridized carbons (Fsp3) is 0.417. The summed E-state index contributed by atoms with van der Waals surface area (Å²) in [5, 5.41) is 0. The second-order valence-electron chi connectivity index (χ2n) is 4.27. The number of nitrogens with two attached hydrogens (primary N) is 1. The molecule has 0 aliphatic carbocycles. The lowest BCUT2D eigenvalue weighted by Crippen LogP contribution is -2.30. The van der Waals surface area contributed by atoms with Gasteiger partial charge in [-0.15, -0.1) is 0 Å². The Balaban J connectivity index is 2.15. The maximum absolute atomic E-state index is 12.9. The first-order chi connectivity index (χ1) is 8.11. The predicted octanol–water partition coefficient (Wildman–Crippen LogP) is 2.01. The van der Waals surface area contributed by atoms with Gasteiger partial charge < -0.3 is 10.6 Å². The number of rotatable bonds is 2. The van der Waals surface area contributed by atoms with Crippen molar-refractivity contribution in [2.75, 3.05) is 19.6 Å². The highest BCUT2D eigenvalue weighted by atomic mass is 79.9. The minimum atomic E-state index is -0.352. The molecule has 1 fully saturated rings. The van der Waals surface area contributed by atoms with Crippen LogP contribution in [0, 0.1) is 11.7 Å². The molecule has 92 valence electrons. The molecule has 0 saturated carbocycles. The number of nitrogens with zero attached hydrogens (tertiary/aromatic N) is 1. The zero-order valence-corrected chi connectivity index (χ0v) is 10.9. The summed E-state index contributed by atoms with van der Waals surface area (Å²) in [5.74, 6) is -0.0271. The van der Waals surface area contributed by atoms with Crippen molar-refractivity contribution < 1.29 is 9.18 Å². The maximum atomic E-state index is 12.9. The van der Waals surface area contributed by atoms with Gasteiger partial charge in [-0.25, -0.2) is 4.39 Å². The van der Waals surface area contributed by atoms with E-state index in [2.05, 4.69) is 15.9 Å². The van der Waals surface area contributed by atoms with Crippen LogP contribution in [0.15, 0.2) is 22.7 Å². The Morgan fingerprint density at radius 3 is 2.94 bits per heavy atom. The van der Waals surface area contributed by atoms with E-state index in [-0.39, 0.29) is 11.7 Å². The number of halogens is 2. The molecule has 1 heterocycles. The molecule has 5 heteroatoms. The predicted molar refractivity (Wildman–Crippen MR) is 67.2 cm³/mol. The average Bonchev–Trinajstić information content (AvgIpc) is 2.76. The summed E-state index contributed by atoms with van der Waals surface area (Å²) >= 11 is 3.21. The molecule has 2 rings (SSSR count). The third kappa shape index (κ3) is 2.66. The first-order valence-corrected chi connectivity index (χ1v) is 6.35. The van der Waals surface area contributed by atoms with Crippen LogP contribution < -0.4 is 5.73 Å². The summed E-state index contributed by atoms with van der Waals surface area (Å²) in [6.07, 6.45) is 0.945. The topological polar surface area (TPSA) is 46.3 Å². The van der Waals surface area contributed by atoms with Crippen LogP contribution in [0.2, 0.25) is 0 Å². The Morgan fingerprint density at radius 1 is 1.59 bits per heavy atom. The Labute approximate surface area is 108 Å². The lowest BCUT2D eigenvalue weighted by Gasteiger charge is -2.17. The molecule has 0 spiro atoms. The van der Waals surface area contributed by atoms with E-state index in [1.165, 1.54) is 18.2 Å². The van der Waals surface area contributed by atoms with E-state index in [9.17, 15) is 9.18 Å². The minimum Gasteiger partial charge on any atom is -0.338 e. The molecule has 1 aromatic rings. The fourth-order valence-corrected chi connectivity index (χ4v) is 2.56. The zero-order valence-electron chi connectivity index (χ0n) is 9.33. The SMILES string of the molecule is NC[C@@H]1CCN(C(=O)c2ccc(F)cc2Br)C1. The van der Waals surface area contributed by atoms with Gasteiger partial charge in [0.25, 0.3) is 5.91 Å². The van der Waals surface area contributed by atoms with Crippen molar-refractivity contribution in [1.29, 1.82) is 0 Å². The van der Waals surface area contributed by atoms with Gasteiger partial charge >= 0.3 is 0 Å². The van der Waals surface area contributed by atoms with Crippen molar-refractivity contribution in [2.24, 2.45) is 11.7 Å². The van der Waals surface area contributed by atoms with Gasteiger partial charge in [0.05, 0.1) is 5.56 Å². The third-order valence-corrected chi connectivity index (χ3v) is 3.72. The summed E-state index contributed by atoms with van der Waals surface area (Å²) in [6.45, 7) is 2.03. The Morgan fingerprint density at radius 2 is 2.35 bits per heavy atom. The smallest absolute Gasteiger partial charge is 0.255 e. The number of benzene rings is 1. The van der Waals surface area contributed by atoms with Crippen LogP contribution in [0.1, 0.15) is 16.8 Å². The van der Waals surface area contributed by atoms with Crippen molar-refractivity contribution in [1.82, 2.24) is 4.90 Å². The second-order valence-corrected chi connectivity index (χ2v) is 5.12. The standard InChI is InChI=1S/C12H14BrFN2O/c13-11-5-9(14)1-2-10(11)12(17)16-4-3-8(6-15)7-16/h1-2,5,8H,3-4,6-7,15H2/t8-/m0/s1. The number of hydrogen-bond acceptors (Lipinski definition) is 2. The van der Waals surface area contributed by atoms with Gasteiger partial charge in [-0.3, -0.25) is 4.79 Å². The molecule has 1 aromatic carbocycles. The van der Waals surface area contributed by atoms with Crippen LogP contribution in [0.25, 0.3) is 0 Å². The normalized spacial score (nSPS) is 19.7. The van der Waals surface area contributed by atoms with Crippen LogP contribution in [0.3, 0.4) is 0 Å². The molecule has 1 aliphatic rings. The van der Waals surface area contributed by atoms with Crippen LogP contribution in [0.4, 0.5) is 4.39 Å². The third-order valence-electron chi connectivity index (χ3n) is 3.07. The summed E-state index contributed by atoms with van der Waals surface area (Å²) in [5.41, 5.74) is 6.09. The van der Waals surface area contributed by atoms with Crippen molar-refractivity contribution in [3.8, 4) is 0 Å². The van der Waals surface area contributed by atoms with E-state index in [0.717, 1.165) is 13.0 Å². The molecule has 3 nitrogen and oxygen atoms in total. The number of hydrogen-bond donors (Lipinski definition) is 1. The Kier molecular flexibility index (Phi) is 3.79. The van der Waals surface area contributed by atoms with Gasteiger partial charge in [0.1, 0.15) is 5.82 Å². The molecule has 1 amide bonds. The Bertz CT molecular complexity index is 439. The lowest BCUT2D eigenvalue weighted by molar-refractivity contribution is 0.0786. The highest BCUT2D eigenvalue weighted by Crippen LogP contribution is 2.23. The molecule has 1 atom stereocenters. The largest absolute Gasteiger partial charge is 0.338 e. The quantitative estimate of drug-likeness (QED) is 0.908. The maximum Gasteiger partial charge on any atom is 0.255 e. The molecule has 0 radical (unpaired) electrons. The monoisotopic (exact) mass is 300 g/mol. The number of likely N-dealkylation sites (tertiary alicyclic amines) is 1. The van der Waals surface area contributed by atoms with Gasteiger partial charge in [-0.05, 0) is 53.0 Å². The van der Waals surface area contributed by atoms with Gasteiger partial charge in [0.15, 0.2) is 0 Å². The lowest BCUT2D eigenvalue weighted by atomic mass is 10.1. The van der Waals surface area contributed by atoms with Crippen LogP contribution in [-0.4, -0.2) is 30.4 Å². The molecule has 1 saturated heterocycles. The average molecular weight is 301 g/mol. The summed E-state index contributed by atoms with van der Waals surface area (Å²) in [7, 11) is 0. The van der Waals surface area contributed by atoms with E-state index in [0.29, 0.717) is 29.0 Å². The van der Waals surface area contributed by atoms with E-state index in [1.54, 1.807) is 4.90 Å². The summed E-state index contributed by atoms with van der Waals surface area (Å²) < 4.78 is 13.4. The molecule has 0 aromatic heterocycles. The molecule has 2 N–H and O–H groups in total. The van der Waals surface area contributed by atoms with E-state index in [4.69, 9.17) is 5.73 Å². The zero-order chi connectivity index (χ0) is 12.4. The fourth-order valence-electron chi connectivity index (χ4n) is 2.04. The molecular weight excluding hydrogens is 287 g/mol. The van der Waals surface area contributed by atoms with Crippen LogP contribution in [0.5, 0.6) is 0 Å². The van der Waals surface area contributed by atoms with Crippen molar-refractivity contribution >= 4 is 21.8 Å². The van der Waals surface area contributed by atoms with E-state index < -0.39 is 0 Å². The van der Waals surface area contributed by atoms with Crippen LogP contribution >= 0.6 is 15.9 Å². The first-order valence-electron chi connectivity index (χ1n) is 5.56. The number of amides is 1. The first kappa shape index (κ1) is 12.5. The van der Waals surface area contributed by atoms with E-state index in [1.807, 2.05) is 0 Å². The second kappa shape index (κ2) is 5.14. The Hall–Kier alpha value is -0.940. The molecule has 1 aliphatic heterocycles. The summed E-state index contributed by atoms with van der Waals surface area (Å²) in [4.78, 5) is 13.9. The highest BCUT2D eigenvalue weighted by Gasteiger charge is 2.26. The highest BCUT2D eigenvalue weighted by molar-refractivity contribution is 9.10. The van der Waals surface area contributed by atoms with Gasteiger partial charge in [0.2, 0.25) is 0 Å².